The summed E-state index contributed by atoms with van der Waals surface area (Å²) in [6, 6.07) is -0.269. The standard InChI is InChI=1S/C12H20BrN3O3/c1-3-4-5-16-12(18)11(13)10(6-14-16)15-9(7-17)8-19-2/h6,9,15,17H,3-5,7-8H2,1-2H3. The Hall–Kier alpha value is -0.920. The van der Waals surface area contributed by atoms with Crippen LogP contribution in [0.25, 0.3) is 0 Å². The molecule has 0 saturated carbocycles. The predicted molar refractivity (Wildman–Crippen MR) is 77.5 cm³/mol. The molecule has 108 valence electrons. The largest absolute Gasteiger partial charge is 0.394 e. The highest BCUT2D eigenvalue weighted by Crippen LogP contribution is 2.17. The van der Waals surface area contributed by atoms with Crippen molar-refractivity contribution in [1.29, 1.82) is 0 Å². The number of nitrogens with one attached hydrogen (secondary N) is 1. The third kappa shape index (κ3) is 4.59. The summed E-state index contributed by atoms with van der Waals surface area (Å²) in [4.78, 5) is 12.0. The molecule has 0 aliphatic heterocycles. The van der Waals surface area contributed by atoms with Crippen LogP contribution in [0.4, 0.5) is 5.69 Å². The first kappa shape index (κ1) is 16.1. The van der Waals surface area contributed by atoms with Gasteiger partial charge in [0.2, 0.25) is 0 Å². The molecule has 7 heteroatoms. The van der Waals surface area contributed by atoms with Gasteiger partial charge in [-0.1, -0.05) is 13.3 Å². The van der Waals surface area contributed by atoms with Gasteiger partial charge in [0.25, 0.3) is 5.56 Å². The van der Waals surface area contributed by atoms with Gasteiger partial charge in [0.1, 0.15) is 4.47 Å². The second-order valence-electron chi connectivity index (χ2n) is 4.23. The van der Waals surface area contributed by atoms with E-state index in [1.54, 1.807) is 13.3 Å². The lowest BCUT2D eigenvalue weighted by molar-refractivity contribution is 0.153. The Balaban J connectivity index is 2.86. The van der Waals surface area contributed by atoms with Crippen molar-refractivity contribution in [1.82, 2.24) is 9.78 Å². The number of ether oxygens (including phenoxy) is 1. The maximum Gasteiger partial charge on any atom is 0.283 e. The van der Waals surface area contributed by atoms with E-state index < -0.39 is 0 Å². The third-order valence-electron chi connectivity index (χ3n) is 2.66. The molecule has 1 aromatic heterocycles. The van der Waals surface area contributed by atoms with Crippen LogP contribution in [-0.2, 0) is 11.3 Å². The van der Waals surface area contributed by atoms with Crippen LogP contribution in [0.3, 0.4) is 0 Å². The smallest absolute Gasteiger partial charge is 0.283 e. The number of hydrogen-bond acceptors (Lipinski definition) is 5. The van der Waals surface area contributed by atoms with Gasteiger partial charge in [-0.25, -0.2) is 4.68 Å². The van der Waals surface area contributed by atoms with E-state index in [9.17, 15) is 9.90 Å². The SMILES string of the molecule is CCCCn1ncc(NC(CO)COC)c(Br)c1=O. The van der Waals surface area contributed by atoms with E-state index in [1.807, 2.05) is 0 Å². The molecule has 0 aliphatic rings. The van der Waals surface area contributed by atoms with Crippen molar-refractivity contribution in [2.24, 2.45) is 0 Å². The number of hydrogen-bond donors (Lipinski definition) is 2. The molecule has 0 fully saturated rings. The van der Waals surface area contributed by atoms with E-state index >= 15 is 0 Å². The fourth-order valence-electron chi connectivity index (χ4n) is 1.59. The van der Waals surface area contributed by atoms with Gasteiger partial charge in [0, 0.05) is 13.7 Å². The summed E-state index contributed by atoms with van der Waals surface area (Å²) in [5.74, 6) is 0. The Kier molecular flexibility index (Phi) is 7.04. The summed E-state index contributed by atoms with van der Waals surface area (Å²) in [6.07, 6.45) is 3.50. The molecule has 1 heterocycles. The molecule has 2 N–H and O–H groups in total. The maximum absolute atomic E-state index is 12.0. The third-order valence-corrected chi connectivity index (χ3v) is 3.42. The highest BCUT2D eigenvalue weighted by atomic mass is 79.9. The molecule has 0 spiro atoms. The maximum atomic E-state index is 12.0. The van der Waals surface area contributed by atoms with E-state index in [0.717, 1.165) is 12.8 Å². The lowest BCUT2D eigenvalue weighted by Crippen LogP contribution is -2.31. The van der Waals surface area contributed by atoms with Crippen LogP contribution in [0.5, 0.6) is 0 Å². The van der Waals surface area contributed by atoms with Crippen LogP contribution < -0.4 is 10.9 Å². The van der Waals surface area contributed by atoms with Gasteiger partial charge >= 0.3 is 0 Å². The van der Waals surface area contributed by atoms with E-state index in [4.69, 9.17) is 4.74 Å². The minimum Gasteiger partial charge on any atom is -0.394 e. The first-order chi connectivity index (χ1) is 9.13. The van der Waals surface area contributed by atoms with Gasteiger partial charge in [-0.05, 0) is 22.4 Å². The van der Waals surface area contributed by atoms with Gasteiger partial charge < -0.3 is 15.2 Å². The summed E-state index contributed by atoms with van der Waals surface area (Å²) in [5, 5.41) is 16.3. The highest BCUT2D eigenvalue weighted by molar-refractivity contribution is 9.10. The number of nitrogens with zero attached hydrogens (tertiary/aromatic N) is 2. The summed E-state index contributed by atoms with van der Waals surface area (Å²) in [5.41, 5.74) is 0.390. The van der Waals surface area contributed by atoms with Crippen molar-refractivity contribution in [3.05, 3.63) is 21.0 Å². The minimum absolute atomic E-state index is 0.0841. The number of aryl methyl sites for hydroxylation is 1. The van der Waals surface area contributed by atoms with Crippen molar-refractivity contribution >= 4 is 21.6 Å². The van der Waals surface area contributed by atoms with Crippen LogP contribution in [0.15, 0.2) is 15.5 Å². The van der Waals surface area contributed by atoms with Gasteiger partial charge in [-0.15, -0.1) is 0 Å². The van der Waals surface area contributed by atoms with Gasteiger partial charge in [0.15, 0.2) is 0 Å². The van der Waals surface area contributed by atoms with Crippen molar-refractivity contribution in [2.45, 2.75) is 32.4 Å². The Morgan fingerprint density at radius 1 is 1.63 bits per heavy atom. The van der Waals surface area contributed by atoms with Crippen LogP contribution in [0, 0.1) is 0 Å². The van der Waals surface area contributed by atoms with Gasteiger partial charge in [-0.2, -0.15) is 5.10 Å². The Labute approximate surface area is 120 Å². The van der Waals surface area contributed by atoms with E-state index in [-0.39, 0.29) is 18.2 Å². The van der Waals surface area contributed by atoms with Crippen molar-refractivity contribution in [3.63, 3.8) is 0 Å². The fraction of sp³-hybridized carbons (Fsp3) is 0.667. The van der Waals surface area contributed by atoms with Crippen molar-refractivity contribution < 1.29 is 9.84 Å². The molecule has 1 aromatic rings. The molecule has 0 radical (unpaired) electrons. The molecule has 1 atom stereocenters. The molecule has 0 amide bonds. The number of methoxy groups -OCH3 is 1. The molecule has 19 heavy (non-hydrogen) atoms. The number of aromatic nitrogens is 2. The second kappa shape index (κ2) is 8.29. The zero-order chi connectivity index (χ0) is 14.3. The normalized spacial score (nSPS) is 12.4. The molecule has 1 unspecified atom stereocenters. The molecule has 0 bridgehead atoms. The van der Waals surface area contributed by atoms with E-state index in [0.29, 0.717) is 23.3 Å². The van der Waals surface area contributed by atoms with Crippen molar-refractivity contribution in [2.75, 3.05) is 25.6 Å². The lowest BCUT2D eigenvalue weighted by Gasteiger charge is -2.17. The van der Waals surface area contributed by atoms with Crippen molar-refractivity contribution in [3.8, 4) is 0 Å². The molecule has 1 rings (SSSR count). The number of rotatable bonds is 8. The van der Waals surface area contributed by atoms with E-state index in [1.165, 1.54) is 4.68 Å². The van der Waals surface area contributed by atoms with Crippen LogP contribution in [0.2, 0.25) is 0 Å². The highest BCUT2D eigenvalue weighted by Gasteiger charge is 2.13. The predicted octanol–water partition coefficient (Wildman–Crippen LogP) is 1.23. The topological polar surface area (TPSA) is 76.4 Å². The summed E-state index contributed by atoms with van der Waals surface area (Å²) >= 11 is 3.27. The number of aliphatic hydroxyl groups excluding tert-OH is 1. The molecular formula is C12H20BrN3O3. The molecule has 0 aromatic carbocycles. The minimum atomic E-state index is -0.269. The lowest BCUT2D eigenvalue weighted by atomic mass is 10.3. The number of anilines is 1. The Bertz CT molecular complexity index is 450. The molecule has 0 aliphatic carbocycles. The molecular weight excluding hydrogens is 314 g/mol. The zero-order valence-corrected chi connectivity index (χ0v) is 12.8. The van der Waals surface area contributed by atoms with Crippen LogP contribution >= 0.6 is 15.9 Å². The van der Waals surface area contributed by atoms with Gasteiger partial charge in [0.05, 0.1) is 31.1 Å². The number of halogens is 1. The van der Waals surface area contributed by atoms with Gasteiger partial charge in [-0.3, -0.25) is 4.79 Å². The van der Waals surface area contributed by atoms with E-state index in [2.05, 4.69) is 33.3 Å². The zero-order valence-electron chi connectivity index (χ0n) is 11.2. The first-order valence-corrected chi connectivity index (χ1v) is 7.05. The molecule has 0 saturated heterocycles. The second-order valence-corrected chi connectivity index (χ2v) is 5.03. The monoisotopic (exact) mass is 333 g/mol. The number of aliphatic hydroxyl groups is 1. The summed E-state index contributed by atoms with van der Waals surface area (Å²) in [7, 11) is 1.56. The fourth-order valence-corrected chi connectivity index (χ4v) is 2.02. The Morgan fingerprint density at radius 2 is 2.37 bits per heavy atom. The summed E-state index contributed by atoms with van der Waals surface area (Å²) in [6.45, 7) is 2.93. The average Bonchev–Trinajstić information content (AvgIpc) is 2.42. The number of unbranched alkanes of at least 4 members (excludes halogenated alkanes) is 1. The Morgan fingerprint density at radius 3 is 2.95 bits per heavy atom. The quantitative estimate of drug-likeness (QED) is 0.748. The average molecular weight is 334 g/mol. The van der Waals surface area contributed by atoms with Crippen LogP contribution in [-0.4, -0.2) is 41.3 Å². The molecule has 6 nitrogen and oxygen atoms in total. The first-order valence-electron chi connectivity index (χ1n) is 6.26. The summed E-state index contributed by atoms with van der Waals surface area (Å²) < 4.78 is 6.83. The van der Waals surface area contributed by atoms with Crippen LogP contribution in [0.1, 0.15) is 19.8 Å².